The molecule has 1 spiro atoms. The Morgan fingerprint density at radius 1 is 1.26 bits per heavy atom. The number of rotatable bonds is 2. The summed E-state index contributed by atoms with van der Waals surface area (Å²) in [4.78, 5) is 0. The lowest BCUT2D eigenvalue weighted by atomic mass is 9.77. The van der Waals surface area contributed by atoms with E-state index in [0.29, 0.717) is 0 Å². The minimum Gasteiger partial charge on any atom is -0.388 e. The summed E-state index contributed by atoms with van der Waals surface area (Å²) in [5, 5.41) is 18.1. The molecule has 2 atom stereocenters. The van der Waals surface area contributed by atoms with Gasteiger partial charge in [0.2, 0.25) is 0 Å². The first-order valence-corrected chi connectivity index (χ1v) is 6.95. The highest BCUT2D eigenvalue weighted by atomic mass is 16.5. The van der Waals surface area contributed by atoms with Gasteiger partial charge in [-0.3, -0.25) is 0 Å². The van der Waals surface area contributed by atoms with E-state index in [2.05, 4.69) is 10.2 Å². The van der Waals surface area contributed by atoms with Gasteiger partial charge < -0.3 is 14.6 Å². The van der Waals surface area contributed by atoms with Crippen molar-refractivity contribution in [3.05, 3.63) is 24.0 Å². The lowest BCUT2D eigenvalue weighted by Crippen LogP contribution is -2.45. The fourth-order valence-corrected chi connectivity index (χ4v) is 3.18. The molecule has 0 bridgehead atoms. The van der Waals surface area contributed by atoms with Crippen LogP contribution in [0, 0.1) is 5.92 Å². The number of aromatic nitrogens is 2. The highest BCUT2D eigenvalue weighted by molar-refractivity contribution is 5.11. The number of aliphatic hydroxyl groups is 1. The average Bonchev–Trinajstić information content (AvgIpc) is 2.48. The van der Waals surface area contributed by atoms with Crippen molar-refractivity contribution < 1.29 is 14.6 Å². The largest absolute Gasteiger partial charge is 0.388 e. The van der Waals surface area contributed by atoms with Gasteiger partial charge in [-0.05, 0) is 37.7 Å². The molecule has 0 radical (unpaired) electrons. The van der Waals surface area contributed by atoms with Gasteiger partial charge in [0.05, 0.1) is 17.9 Å². The molecule has 2 aliphatic rings. The molecule has 1 aromatic rings. The molecule has 3 heterocycles. The summed E-state index contributed by atoms with van der Waals surface area (Å²) >= 11 is 0. The van der Waals surface area contributed by atoms with Gasteiger partial charge >= 0.3 is 0 Å². The third-order valence-corrected chi connectivity index (χ3v) is 4.33. The number of hydrogen-bond donors (Lipinski definition) is 1. The van der Waals surface area contributed by atoms with E-state index >= 15 is 0 Å². The molecule has 0 aliphatic carbocycles. The Balaban J connectivity index is 1.71. The maximum atomic E-state index is 10.5. The van der Waals surface area contributed by atoms with Crippen molar-refractivity contribution in [2.24, 2.45) is 5.92 Å². The van der Waals surface area contributed by atoms with Crippen LogP contribution in [0.25, 0.3) is 0 Å². The fourth-order valence-electron chi connectivity index (χ4n) is 3.18. The third kappa shape index (κ3) is 2.78. The Hall–Kier alpha value is -1.04. The maximum Gasteiger partial charge on any atom is 0.0836 e. The minimum atomic E-state index is -0.473. The van der Waals surface area contributed by atoms with Crippen molar-refractivity contribution in [2.45, 2.75) is 37.4 Å². The van der Waals surface area contributed by atoms with E-state index in [1.807, 2.05) is 6.07 Å². The van der Waals surface area contributed by atoms with Crippen LogP contribution in [-0.4, -0.2) is 40.7 Å². The lowest BCUT2D eigenvalue weighted by molar-refractivity contribution is -0.159. The normalized spacial score (nSPS) is 28.2. The van der Waals surface area contributed by atoms with Gasteiger partial charge in [0.25, 0.3) is 0 Å². The molecular weight excluding hydrogens is 244 g/mol. The van der Waals surface area contributed by atoms with Crippen molar-refractivity contribution in [1.29, 1.82) is 0 Å². The molecule has 2 saturated heterocycles. The van der Waals surface area contributed by atoms with E-state index in [9.17, 15) is 5.11 Å². The van der Waals surface area contributed by atoms with Gasteiger partial charge in [-0.25, -0.2) is 0 Å². The van der Waals surface area contributed by atoms with Crippen LogP contribution in [0.5, 0.6) is 0 Å². The van der Waals surface area contributed by atoms with Crippen LogP contribution in [0.15, 0.2) is 18.5 Å². The van der Waals surface area contributed by atoms with Crippen LogP contribution >= 0.6 is 0 Å². The van der Waals surface area contributed by atoms with Gasteiger partial charge in [0.15, 0.2) is 0 Å². The van der Waals surface area contributed by atoms with Crippen LogP contribution < -0.4 is 0 Å². The van der Waals surface area contributed by atoms with Gasteiger partial charge in [-0.15, -0.1) is 0 Å². The molecule has 0 saturated carbocycles. The topological polar surface area (TPSA) is 64.5 Å². The van der Waals surface area contributed by atoms with Crippen LogP contribution in [0.4, 0.5) is 0 Å². The Bertz CT molecular complexity index is 401. The van der Waals surface area contributed by atoms with Gasteiger partial charge in [-0.1, -0.05) is 0 Å². The van der Waals surface area contributed by atoms with E-state index in [4.69, 9.17) is 9.47 Å². The summed E-state index contributed by atoms with van der Waals surface area (Å²) < 4.78 is 11.4. The van der Waals surface area contributed by atoms with E-state index in [-0.39, 0.29) is 11.5 Å². The summed E-state index contributed by atoms with van der Waals surface area (Å²) in [6, 6.07) is 1.84. The second-order valence-electron chi connectivity index (χ2n) is 5.52. The van der Waals surface area contributed by atoms with Crippen molar-refractivity contribution in [2.75, 3.05) is 19.8 Å². The molecule has 3 rings (SSSR count). The van der Waals surface area contributed by atoms with Gasteiger partial charge in [-0.2, -0.15) is 10.2 Å². The number of aliphatic hydroxyl groups excluding tert-OH is 1. The third-order valence-electron chi connectivity index (χ3n) is 4.33. The first kappa shape index (κ1) is 13.0. The standard InChI is InChI=1S/C14H20N2O3/c17-13(12-1-5-15-16-10-12)11-2-6-19-14(9-11)3-7-18-8-4-14/h1,5,10-11,13,17H,2-4,6-9H2. The smallest absolute Gasteiger partial charge is 0.0836 e. The SMILES string of the molecule is OC(c1ccnnc1)C1CCOC2(CCOCC2)C1. The molecular formula is C14H20N2O3. The summed E-state index contributed by atoms with van der Waals surface area (Å²) in [6.45, 7) is 2.25. The molecule has 19 heavy (non-hydrogen) atoms. The lowest BCUT2D eigenvalue weighted by Gasteiger charge is -2.44. The number of ether oxygens (including phenoxy) is 2. The maximum absolute atomic E-state index is 10.5. The van der Waals surface area contributed by atoms with Crippen molar-refractivity contribution >= 4 is 0 Å². The minimum absolute atomic E-state index is 0.0807. The Kier molecular flexibility index (Phi) is 3.77. The molecule has 5 nitrogen and oxygen atoms in total. The highest BCUT2D eigenvalue weighted by Crippen LogP contribution is 2.41. The number of hydrogen-bond acceptors (Lipinski definition) is 5. The van der Waals surface area contributed by atoms with Crippen molar-refractivity contribution in [3.63, 3.8) is 0 Å². The molecule has 2 fully saturated rings. The highest BCUT2D eigenvalue weighted by Gasteiger charge is 2.41. The van der Waals surface area contributed by atoms with Crippen molar-refractivity contribution in [3.8, 4) is 0 Å². The fraction of sp³-hybridized carbons (Fsp3) is 0.714. The van der Waals surface area contributed by atoms with Crippen LogP contribution in [0.3, 0.4) is 0 Å². The second-order valence-corrected chi connectivity index (χ2v) is 5.52. The monoisotopic (exact) mass is 264 g/mol. The van der Waals surface area contributed by atoms with Gasteiger partial charge in [0, 0.05) is 31.6 Å². The molecule has 104 valence electrons. The summed E-state index contributed by atoms with van der Waals surface area (Å²) in [6.07, 6.45) is 6.47. The summed E-state index contributed by atoms with van der Waals surface area (Å²) in [7, 11) is 0. The zero-order valence-corrected chi connectivity index (χ0v) is 11.0. The van der Waals surface area contributed by atoms with Crippen molar-refractivity contribution in [1.82, 2.24) is 10.2 Å². The van der Waals surface area contributed by atoms with E-state index in [0.717, 1.165) is 51.1 Å². The van der Waals surface area contributed by atoms with Crippen LogP contribution in [0.1, 0.15) is 37.4 Å². The van der Waals surface area contributed by atoms with Gasteiger partial charge in [0.1, 0.15) is 0 Å². The predicted octanol–water partition coefficient (Wildman–Crippen LogP) is 1.49. The summed E-state index contributed by atoms with van der Waals surface area (Å²) in [5.41, 5.74) is 0.770. The Morgan fingerprint density at radius 2 is 2.11 bits per heavy atom. The molecule has 5 heteroatoms. The molecule has 1 N–H and O–H groups in total. The van der Waals surface area contributed by atoms with Crippen LogP contribution in [0.2, 0.25) is 0 Å². The van der Waals surface area contributed by atoms with E-state index < -0.39 is 6.10 Å². The molecule has 1 aromatic heterocycles. The molecule has 2 unspecified atom stereocenters. The first-order chi connectivity index (χ1) is 9.29. The molecule has 0 amide bonds. The average molecular weight is 264 g/mol. The Labute approximate surface area is 112 Å². The zero-order chi connectivity index (χ0) is 13.1. The van der Waals surface area contributed by atoms with E-state index in [1.165, 1.54) is 0 Å². The number of nitrogens with zero attached hydrogens (tertiary/aromatic N) is 2. The predicted molar refractivity (Wildman–Crippen MR) is 68.5 cm³/mol. The zero-order valence-electron chi connectivity index (χ0n) is 11.0. The molecule has 2 aliphatic heterocycles. The summed E-state index contributed by atoms with van der Waals surface area (Å²) in [5.74, 6) is 0.232. The van der Waals surface area contributed by atoms with E-state index in [1.54, 1.807) is 12.4 Å². The quantitative estimate of drug-likeness (QED) is 0.876. The second kappa shape index (κ2) is 5.53. The van der Waals surface area contributed by atoms with Crippen LogP contribution in [-0.2, 0) is 9.47 Å². The first-order valence-electron chi connectivity index (χ1n) is 6.95. The Morgan fingerprint density at radius 3 is 2.84 bits per heavy atom. The molecule has 0 aromatic carbocycles.